The van der Waals surface area contributed by atoms with Gasteiger partial charge in [-0.2, -0.15) is 0 Å². The smallest absolute Gasteiger partial charge is 0.317 e. The summed E-state index contributed by atoms with van der Waals surface area (Å²) in [6.45, 7) is 3.66. The first kappa shape index (κ1) is 16.0. The zero-order valence-corrected chi connectivity index (χ0v) is 11.8. The van der Waals surface area contributed by atoms with Crippen LogP contribution < -0.4 is 5.32 Å². The molecule has 110 valence electrons. The Morgan fingerprint density at radius 2 is 1.95 bits per heavy atom. The van der Waals surface area contributed by atoms with E-state index in [4.69, 9.17) is 5.11 Å². The minimum atomic E-state index is -0.839. The molecule has 0 saturated carbocycles. The molecule has 0 unspecified atom stereocenters. The van der Waals surface area contributed by atoms with Gasteiger partial charge in [0.15, 0.2) is 0 Å². The molecular formula is C15H22N2O3. The molecule has 0 spiro atoms. The summed E-state index contributed by atoms with van der Waals surface area (Å²) >= 11 is 0. The molecule has 1 aromatic carbocycles. The van der Waals surface area contributed by atoms with Crippen molar-refractivity contribution in [3.63, 3.8) is 0 Å². The van der Waals surface area contributed by atoms with Crippen molar-refractivity contribution >= 4 is 12.0 Å². The number of amides is 2. The Bertz CT molecular complexity index is 420. The van der Waals surface area contributed by atoms with Crippen LogP contribution in [0.2, 0.25) is 0 Å². The van der Waals surface area contributed by atoms with Crippen molar-refractivity contribution in [2.45, 2.75) is 32.7 Å². The summed E-state index contributed by atoms with van der Waals surface area (Å²) in [5, 5.41) is 11.3. The molecule has 0 aliphatic rings. The average Bonchev–Trinajstić information content (AvgIpc) is 2.44. The number of carbonyl (C=O) groups is 2. The van der Waals surface area contributed by atoms with E-state index >= 15 is 0 Å². The second kappa shape index (κ2) is 8.96. The van der Waals surface area contributed by atoms with Crippen molar-refractivity contribution in [2.24, 2.45) is 0 Å². The number of urea groups is 1. The number of carbonyl (C=O) groups excluding carboxylic acids is 1. The molecule has 1 aromatic rings. The first-order valence-electron chi connectivity index (χ1n) is 6.92. The van der Waals surface area contributed by atoms with Crippen molar-refractivity contribution < 1.29 is 14.7 Å². The minimum Gasteiger partial charge on any atom is -0.481 e. The monoisotopic (exact) mass is 278 g/mol. The van der Waals surface area contributed by atoms with Gasteiger partial charge in [-0.05, 0) is 18.4 Å². The lowest BCUT2D eigenvalue weighted by Crippen LogP contribution is -2.40. The normalized spacial score (nSPS) is 10.1. The molecule has 0 fully saturated rings. The Kier molecular flexibility index (Phi) is 7.17. The fourth-order valence-electron chi connectivity index (χ4n) is 1.87. The number of aliphatic carboxylic acids is 1. The van der Waals surface area contributed by atoms with Crippen LogP contribution in [0.3, 0.4) is 0 Å². The van der Waals surface area contributed by atoms with Gasteiger partial charge in [-0.1, -0.05) is 37.3 Å². The minimum absolute atomic E-state index is 0.0761. The van der Waals surface area contributed by atoms with Crippen molar-refractivity contribution in [1.82, 2.24) is 10.2 Å². The third-order valence-corrected chi connectivity index (χ3v) is 2.84. The number of hydrogen-bond acceptors (Lipinski definition) is 2. The number of hydrogen-bond donors (Lipinski definition) is 2. The van der Waals surface area contributed by atoms with Gasteiger partial charge in [0.05, 0.1) is 0 Å². The Hall–Kier alpha value is -2.04. The number of carboxylic acid groups (broad SMARTS) is 1. The van der Waals surface area contributed by atoms with Gasteiger partial charge in [0.2, 0.25) is 0 Å². The van der Waals surface area contributed by atoms with Gasteiger partial charge in [0, 0.05) is 26.1 Å². The maximum atomic E-state index is 12.0. The average molecular weight is 278 g/mol. The fraction of sp³-hybridized carbons (Fsp3) is 0.467. The maximum Gasteiger partial charge on any atom is 0.317 e. The predicted molar refractivity (Wildman–Crippen MR) is 77.4 cm³/mol. The van der Waals surface area contributed by atoms with E-state index in [1.807, 2.05) is 37.3 Å². The van der Waals surface area contributed by atoms with Crippen molar-refractivity contribution in [3.8, 4) is 0 Å². The lowest BCUT2D eigenvalue weighted by Gasteiger charge is -2.22. The second-order valence-corrected chi connectivity index (χ2v) is 4.64. The molecule has 0 aliphatic heterocycles. The summed E-state index contributed by atoms with van der Waals surface area (Å²) in [5.41, 5.74) is 1.08. The van der Waals surface area contributed by atoms with Gasteiger partial charge < -0.3 is 15.3 Å². The maximum absolute atomic E-state index is 12.0. The molecule has 5 nitrogen and oxygen atoms in total. The Labute approximate surface area is 119 Å². The van der Waals surface area contributed by atoms with Crippen LogP contribution in [-0.2, 0) is 11.3 Å². The van der Waals surface area contributed by atoms with Crippen LogP contribution in [0, 0.1) is 0 Å². The van der Waals surface area contributed by atoms with Crippen LogP contribution in [0.25, 0.3) is 0 Å². The second-order valence-electron chi connectivity index (χ2n) is 4.64. The van der Waals surface area contributed by atoms with Crippen LogP contribution in [-0.4, -0.2) is 35.1 Å². The molecule has 5 heteroatoms. The summed E-state index contributed by atoms with van der Waals surface area (Å²) in [6.07, 6.45) is 1.41. The Morgan fingerprint density at radius 1 is 1.25 bits per heavy atom. The van der Waals surface area contributed by atoms with Crippen LogP contribution in [0.15, 0.2) is 30.3 Å². The summed E-state index contributed by atoms with van der Waals surface area (Å²) < 4.78 is 0. The van der Waals surface area contributed by atoms with Crippen molar-refractivity contribution in [2.75, 3.05) is 13.1 Å². The molecule has 0 heterocycles. The van der Waals surface area contributed by atoms with Crippen LogP contribution in [0.4, 0.5) is 4.79 Å². The molecule has 2 amide bonds. The molecular weight excluding hydrogens is 256 g/mol. The Morgan fingerprint density at radius 3 is 2.55 bits per heavy atom. The van der Waals surface area contributed by atoms with Crippen LogP contribution in [0.1, 0.15) is 31.7 Å². The number of rotatable bonds is 8. The van der Waals surface area contributed by atoms with E-state index in [0.717, 1.165) is 12.0 Å². The molecule has 20 heavy (non-hydrogen) atoms. The molecule has 2 N–H and O–H groups in total. The topological polar surface area (TPSA) is 69.6 Å². The summed E-state index contributed by atoms with van der Waals surface area (Å²) in [4.78, 5) is 24.2. The summed E-state index contributed by atoms with van der Waals surface area (Å²) in [5.74, 6) is -0.839. The predicted octanol–water partition coefficient (Wildman–Crippen LogP) is 2.47. The molecule has 0 aromatic heterocycles. The SMILES string of the molecule is CCCN(Cc1ccccc1)C(=O)NCCCC(=O)O. The largest absolute Gasteiger partial charge is 0.481 e. The highest BCUT2D eigenvalue weighted by atomic mass is 16.4. The van der Waals surface area contributed by atoms with E-state index in [0.29, 0.717) is 26.1 Å². The van der Waals surface area contributed by atoms with E-state index < -0.39 is 5.97 Å². The number of nitrogens with one attached hydrogen (secondary N) is 1. The molecule has 0 bridgehead atoms. The van der Waals surface area contributed by atoms with Gasteiger partial charge in [-0.15, -0.1) is 0 Å². The van der Waals surface area contributed by atoms with Gasteiger partial charge in [0.1, 0.15) is 0 Å². The molecule has 0 atom stereocenters. The van der Waals surface area contributed by atoms with Gasteiger partial charge in [-0.3, -0.25) is 4.79 Å². The number of carboxylic acids is 1. The molecule has 0 radical (unpaired) electrons. The summed E-state index contributed by atoms with van der Waals surface area (Å²) in [7, 11) is 0. The number of nitrogens with zero attached hydrogens (tertiary/aromatic N) is 1. The highest BCUT2D eigenvalue weighted by molar-refractivity contribution is 5.74. The highest BCUT2D eigenvalue weighted by Crippen LogP contribution is 2.05. The Balaban J connectivity index is 2.44. The van der Waals surface area contributed by atoms with E-state index in [1.165, 1.54) is 0 Å². The van der Waals surface area contributed by atoms with Gasteiger partial charge in [-0.25, -0.2) is 4.79 Å². The van der Waals surface area contributed by atoms with Gasteiger partial charge >= 0.3 is 12.0 Å². The van der Waals surface area contributed by atoms with E-state index in [-0.39, 0.29) is 12.5 Å². The zero-order chi connectivity index (χ0) is 14.8. The summed E-state index contributed by atoms with van der Waals surface area (Å²) in [6, 6.07) is 9.68. The zero-order valence-electron chi connectivity index (χ0n) is 11.8. The van der Waals surface area contributed by atoms with Crippen molar-refractivity contribution in [1.29, 1.82) is 0 Å². The van der Waals surface area contributed by atoms with Crippen LogP contribution >= 0.6 is 0 Å². The van der Waals surface area contributed by atoms with E-state index in [9.17, 15) is 9.59 Å². The van der Waals surface area contributed by atoms with E-state index in [2.05, 4.69) is 5.32 Å². The quantitative estimate of drug-likeness (QED) is 0.718. The number of benzene rings is 1. The van der Waals surface area contributed by atoms with Crippen LogP contribution in [0.5, 0.6) is 0 Å². The first-order valence-corrected chi connectivity index (χ1v) is 6.92. The van der Waals surface area contributed by atoms with E-state index in [1.54, 1.807) is 4.90 Å². The lowest BCUT2D eigenvalue weighted by molar-refractivity contribution is -0.137. The molecule has 0 aliphatic carbocycles. The highest BCUT2D eigenvalue weighted by Gasteiger charge is 2.12. The standard InChI is InChI=1S/C15H22N2O3/c1-2-11-17(12-13-7-4-3-5-8-13)15(20)16-10-6-9-14(18)19/h3-5,7-8H,2,6,9-12H2,1H3,(H,16,20)(H,18,19). The third kappa shape index (κ3) is 6.22. The van der Waals surface area contributed by atoms with Crippen molar-refractivity contribution in [3.05, 3.63) is 35.9 Å². The lowest BCUT2D eigenvalue weighted by atomic mass is 10.2. The third-order valence-electron chi connectivity index (χ3n) is 2.84. The molecule has 0 saturated heterocycles. The first-order chi connectivity index (χ1) is 9.63. The molecule has 1 rings (SSSR count). The fourth-order valence-corrected chi connectivity index (χ4v) is 1.87. The van der Waals surface area contributed by atoms with Gasteiger partial charge in [0.25, 0.3) is 0 Å².